The van der Waals surface area contributed by atoms with Gasteiger partial charge in [0.2, 0.25) is 10.0 Å². The van der Waals surface area contributed by atoms with Crippen LogP contribution in [0.4, 0.5) is 0 Å². The fourth-order valence-electron chi connectivity index (χ4n) is 5.09. The molecule has 3 rings (SSSR count). The summed E-state index contributed by atoms with van der Waals surface area (Å²) >= 11 is 3.24. The quantitative estimate of drug-likeness (QED) is 0.568. The second-order valence-corrected chi connectivity index (χ2v) is 11.3. The number of carboxylic acids is 1. The predicted octanol–water partition coefficient (Wildman–Crippen LogP) is 4.23. The smallest absolute Gasteiger partial charge is 0.336 e. The summed E-state index contributed by atoms with van der Waals surface area (Å²) in [4.78, 5) is 24.0. The molecule has 1 aromatic carbocycles. The predicted molar refractivity (Wildman–Crippen MR) is 119 cm³/mol. The van der Waals surface area contributed by atoms with Gasteiger partial charge in [-0.15, -0.1) is 0 Å². The van der Waals surface area contributed by atoms with E-state index < -0.39 is 16.0 Å². The van der Waals surface area contributed by atoms with Crippen molar-refractivity contribution in [3.63, 3.8) is 0 Å². The highest BCUT2D eigenvalue weighted by atomic mass is 79.9. The van der Waals surface area contributed by atoms with Gasteiger partial charge >= 0.3 is 11.9 Å². The number of carboxylic acid groups (broad SMARTS) is 1. The fourth-order valence-corrected chi connectivity index (χ4v) is 7.45. The van der Waals surface area contributed by atoms with E-state index in [9.17, 15) is 23.1 Å². The van der Waals surface area contributed by atoms with Crippen LogP contribution in [-0.4, -0.2) is 49.5 Å². The zero-order chi connectivity index (χ0) is 22.8. The van der Waals surface area contributed by atoms with E-state index in [1.54, 1.807) is 0 Å². The van der Waals surface area contributed by atoms with E-state index in [0.29, 0.717) is 42.9 Å². The molecule has 2 aliphatic rings. The highest BCUT2D eigenvalue weighted by Crippen LogP contribution is 2.41. The van der Waals surface area contributed by atoms with Crippen molar-refractivity contribution < 1.29 is 27.9 Å². The van der Waals surface area contributed by atoms with Crippen molar-refractivity contribution in [1.29, 1.82) is 0 Å². The van der Waals surface area contributed by atoms with E-state index in [0.717, 1.165) is 25.7 Å². The minimum absolute atomic E-state index is 0.0256. The lowest BCUT2D eigenvalue weighted by Crippen LogP contribution is -2.43. The molecule has 1 heterocycles. The molecule has 172 valence electrons. The van der Waals surface area contributed by atoms with Gasteiger partial charge in [0.25, 0.3) is 0 Å². The Hall–Kier alpha value is -1.45. The first-order valence-corrected chi connectivity index (χ1v) is 13.1. The van der Waals surface area contributed by atoms with Gasteiger partial charge in [0, 0.05) is 17.6 Å². The number of esters is 1. The molecule has 0 radical (unpaired) electrons. The van der Waals surface area contributed by atoms with Crippen molar-refractivity contribution >= 4 is 37.9 Å². The molecular weight excluding hydrogens is 486 g/mol. The van der Waals surface area contributed by atoms with Crippen LogP contribution in [0.1, 0.15) is 61.4 Å². The Morgan fingerprint density at radius 3 is 2.42 bits per heavy atom. The van der Waals surface area contributed by atoms with Gasteiger partial charge in [0.15, 0.2) is 0 Å². The fraction of sp³-hybridized carbons (Fsp3) is 0.636. The summed E-state index contributed by atoms with van der Waals surface area (Å²) in [7, 11) is -3.82. The number of aromatic carboxylic acids is 1. The highest BCUT2D eigenvalue weighted by molar-refractivity contribution is 9.10. The van der Waals surface area contributed by atoms with E-state index >= 15 is 0 Å². The molecule has 2 unspecified atom stereocenters. The van der Waals surface area contributed by atoms with E-state index in [2.05, 4.69) is 15.9 Å². The molecule has 9 heteroatoms. The largest absolute Gasteiger partial charge is 0.478 e. The summed E-state index contributed by atoms with van der Waals surface area (Å²) in [6.07, 6.45) is 5.33. The molecule has 2 fully saturated rings. The van der Waals surface area contributed by atoms with Gasteiger partial charge in [0.05, 0.1) is 23.0 Å². The number of hydrogen-bond acceptors (Lipinski definition) is 5. The molecule has 1 aliphatic heterocycles. The van der Waals surface area contributed by atoms with Crippen LogP contribution >= 0.6 is 15.9 Å². The third-order valence-electron chi connectivity index (χ3n) is 6.69. The Bertz CT molecular complexity index is 940. The van der Waals surface area contributed by atoms with Crippen LogP contribution in [0.15, 0.2) is 21.5 Å². The molecule has 0 bridgehead atoms. The Morgan fingerprint density at radius 2 is 1.81 bits per heavy atom. The van der Waals surface area contributed by atoms with E-state index in [4.69, 9.17) is 4.74 Å². The van der Waals surface area contributed by atoms with Crippen molar-refractivity contribution in [3.8, 4) is 0 Å². The lowest BCUT2D eigenvalue weighted by Gasteiger charge is -2.40. The summed E-state index contributed by atoms with van der Waals surface area (Å²) in [6, 6.07) is 2.89. The van der Waals surface area contributed by atoms with Gasteiger partial charge in [-0.1, -0.05) is 28.8 Å². The van der Waals surface area contributed by atoms with E-state index in [1.165, 1.54) is 23.4 Å². The molecule has 1 aromatic rings. The summed E-state index contributed by atoms with van der Waals surface area (Å²) in [6.45, 7) is 4.46. The van der Waals surface area contributed by atoms with Gasteiger partial charge in [-0.3, -0.25) is 4.79 Å². The number of benzene rings is 1. The number of rotatable bonds is 6. The third-order valence-corrected chi connectivity index (χ3v) is 9.17. The summed E-state index contributed by atoms with van der Waals surface area (Å²) < 4.78 is 33.8. The standard InChI is InChI=1S/C22H30BrNO6S/c1-3-30-22(27)18-7-5-4-6-17(18)15-8-10-24(11-9-15)31(28,29)20-13-16(23)12-19(14(20)2)21(25)26/h12-13,15,17-18H,3-11H2,1-2H3,(H,25,26). The average Bonchev–Trinajstić information content (AvgIpc) is 2.75. The maximum absolute atomic E-state index is 13.3. The summed E-state index contributed by atoms with van der Waals surface area (Å²) in [5.74, 6) is -0.833. The second-order valence-electron chi connectivity index (χ2n) is 8.43. The van der Waals surface area contributed by atoms with Crippen molar-refractivity contribution in [2.75, 3.05) is 19.7 Å². The average molecular weight is 516 g/mol. The molecule has 31 heavy (non-hydrogen) atoms. The van der Waals surface area contributed by atoms with Crippen LogP contribution in [0.3, 0.4) is 0 Å². The van der Waals surface area contributed by atoms with Crippen LogP contribution in [0.25, 0.3) is 0 Å². The first kappa shape index (κ1) is 24.2. The van der Waals surface area contributed by atoms with Gasteiger partial charge < -0.3 is 9.84 Å². The van der Waals surface area contributed by atoms with Crippen molar-refractivity contribution in [3.05, 3.63) is 27.7 Å². The first-order chi connectivity index (χ1) is 14.7. The molecule has 1 aliphatic carbocycles. The van der Waals surface area contributed by atoms with Crippen molar-refractivity contribution in [1.82, 2.24) is 4.31 Å². The van der Waals surface area contributed by atoms with Gasteiger partial charge in [-0.25, -0.2) is 13.2 Å². The molecular formula is C22H30BrNO6S. The molecule has 0 spiro atoms. The summed E-state index contributed by atoms with van der Waals surface area (Å²) in [5.41, 5.74) is 0.217. The first-order valence-electron chi connectivity index (χ1n) is 10.9. The topological polar surface area (TPSA) is 101 Å². The number of carbonyl (C=O) groups is 2. The Kier molecular flexibility index (Phi) is 7.81. The lowest BCUT2D eigenvalue weighted by atomic mass is 9.69. The number of halogens is 1. The number of nitrogens with zero attached hydrogens (tertiary/aromatic N) is 1. The van der Waals surface area contributed by atoms with Crippen LogP contribution in [0.5, 0.6) is 0 Å². The molecule has 0 aromatic heterocycles. The van der Waals surface area contributed by atoms with Crippen LogP contribution in [-0.2, 0) is 19.6 Å². The maximum Gasteiger partial charge on any atom is 0.336 e. The normalized spacial score (nSPS) is 23.5. The number of sulfonamides is 1. The van der Waals surface area contributed by atoms with E-state index in [-0.39, 0.29) is 33.8 Å². The monoisotopic (exact) mass is 515 g/mol. The minimum Gasteiger partial charge on any atom is -0.478 e. The van der Waals surface area contributed by atoms with Crippen molar-refractivity contribution in [2.45, 2.75) is 57.3 Å². The number of piperidine rings is 1. The Morgan fingerprint density at radius 1 is 1.16 bits per heavy atom. The minimum atomic E-state index is -3.82. The van der Waals surface area contributed by atoms with Crippen LogP contribution < -0.4 is 0 Å². The van der Waals surface area contributed by atoms with Gasteiger partial charge in [-0.05, 0) is 69.1 Å². The molecule has 1 N–H and O–H groups in total. The zero-order valence-electron chi connectivity index (χ0n) is 18.0. The van der Waals surface area contributed by atoms with Gasteiger partial charge in [-0.2, -0.15) is 4.31 Å². The Balaban J connectivity index is 1.76. The Labute approximate surface area is 192 Å². The SMILES string of the molecule is CCOC(=O)C1CCCCC1C1CCN(S(=O)(=O)c2cc(Br)cc(C(=O)O)c2C)CC1. The second kappa shape index (κ2) is 10.0. The molecule has 7 nitrogen and oxygen atoms in total. The third kappa shape index (κ3) is 5.14. The maximum atomic E-state index is 13.3. The number of hydrogen-bond donors (Lipinski definition) is 1. The highest BCUT2D eigenvalue weighted by Gasteiger charge is 2.40. The van der Waals surface area contributed by atoms with E-state index in [1.807, 2.05) is 6.92 Å². The molecule has 2 atom stereocenters. The number of carbonyl (C=O) groups excluding carboxylic acids is 1. The molecule has 1 saturated carbocycles. The van der Waals surface area contributed by atoms with Gasteiger partial charge in [0.1, 0.15) is 0 Å². The molecule has 1 saturated heterocycles. The zero-order valence-corrected chi connectivity index (χ0v) is 20.4. The van der Waals surface area contributed by atoms with Crippen LogP contribution in [0, 0.1) is 24.7 Å². The molecule has 0 amide bonds. The number of ether oxygens (including phenoxy) is 1. The van der Waals surface area contributed by atoms with Crippen LogP contribution in [0.2, 0.25) is 0 Å². The summed E-state index contributed by atoms with van der Waals surface area (Å²) in [5, 5.41) is 9.41. The van der Waals surface area contributed by atoms with Crippen molar-refractivity contribution in [2.24, 2.45) is 17.8 Å². The lowest BCUT2D eigenvalue weighted by molar-refractivity contribution is -0.152.